The van der Waals surface area contributed by atoms with E-state index in [4.69, 9.17) is 18.8 Å². The van der Waals surface area contributed by atoms with E-state index in [0.29, 0.717) is 0 Å². The highest BCUT2D eigenvalue weighted by Crippen LogP contribution is 1.33. The van der Waals surface area contributed by atoms with Crippen LogP contribution in [0.25, 0.3) is 0 Å². The first kappa shape index (κ1) is 23.0. The Kier molecular flexibility index (Phi) is 37.0. The zero-order valence-electron chi connectivity index (χ0n) is 7.04. The Bertz CT molecular complexity index is 139. The lowest BCUT2D eigenvalue weighted by atomic mass is 11.3. The average molecular weight is 260 g/mol. The van der Waals surface area contributed by atoms with Gasteiger partial charge in [-0.05, 0) is 24.4 Å². The summed E-state index contributed by atoms with van der Waals surface area (Å²) in [6.45, 7) is 2.00. The van der Waals surface area contributed by atoms with Gasteiger partial charge >= 0.3 is 9.17 Å². The van der Waals surface area contributed by atoms with Gasteiger partial charge in [-0.2, -0.15) is 0 Å². The molecule has 0 aliphatic rings. The minimum absolute atomic E-state index is 0.000000000000000222. The molecule has 8 nitrogen and oxygen atoms in total. The highest BCUT2D eigenvalue weighted by atomic mass is 32.1. The Hall–Kier alpha value is -1.33. The third-order valence-electron chi connectivity index (χ3n) is 0. The van der Waals surface area contributed by atoms with Crippen molar-refractivity contribution in [1.29, 1.82) is 0 Å². The Morgan fingerprint density at radius 2 is 1.00 bits per heavy atom. The van der Waals surface area contributed by atoms with Crippen molar-refractivity contribution in [3.05, 3.63) is 0 Å². The predicted octanol–water partition coefficient (Wildman–Crippen LogP) is -3.42. The van der Waals surface area contributed by atoms with Crippen LogP contribution < -0.4 is 22.9 Å². The molecule has 0 aromatic carbocycles. The molecule has 0 atom stereocenters. The van der Waals surface area contributed by atoms with E-state index in [-0.39, 0.29) is 10.2 Å². The molecule has 0 bridgehead atoms. The molecule has 14 heavy (non-hydrogen) atoms. The van der Waals surface area contributed by atoms with Gasteiger partial charge in [-0.15, -0.1) is 0 Å². The van der Waals surface area contributed by atoms with Gasteiger partial charge in [0.15, 0.2) is 10.2 Å². The van der Waals surface area contributed by atoms with Gasteiger partial charge in [-0.3, -0.25) is 4.46 Å². The molecule has 0 fully saturated rings. The first-order valence-corrected chi connectivity index (χ1v) is 4.62. The SMILES string of the molecule is C=O.NC(N)=S.NC(N)=S.O=[Si](O)O. The number of nitrogens with two attached hydrogens (primary N) is 4. The molecule has 0 amide bonds. The van der Waals surface area contributed by atoms with E-state index in [0.717, 1.165) is 0 Å². The summed E-state index contributed by atoms with van der Waals surface area (Å²) in [5, 5.41) is 0.000000000000000444. The molecule has 0 spiro atoms. The molecule has 10 N–H and O–H groups in total. The molecule has 0 rings (SSSR count). The van der Waals surface area contributed by atoms with Crippen molar-refractivity contribution in [3.63, 3.8) is 0 Å². The van der Waals surface area contributed by atoms with Crippen LogP contribution in [0.2, 0.25) is 0 Å². The van der Waals surface area contributed by atoms with Gasteiger partial charge < -0.3 is 37.3 Å². The zero-order valence-corrected chi connectivity index (χ0v) is 9.68. The topological polar surface area (TPSA) is 179 Å². The van der Waals surface area contributed by atoms with Gasteiger partial charge in [0.2, 0.25) is 0 Å². The fraction of sp³-hybridized carbons (Fsp3) is 0. The van der Waals surface area contributed by atoms with Gasteiger partial charge in [0.25, 0.3) is 0 Å². The van der Waals surface area contributed by atoms with Crippen LogP contribution in [0, 0.1) is 0 Å². The molecule has 0 aromatic heterocycles. The molecule has 0 aliphatic carbocycles. The van der Waals surface area contributed by atoms with Crippen LogP contribution in [-0.4, -0.2) is 35.8 Å². The van der Waals surface area contributed by atoms with Gasteiger partial charge in [0, 0.05) is 0 Å². The summed E-state index contributed by atoms with van der Waals surface area (Å²) in [4.78, 5) is 22.3. The van der Waals surface area contributed by atoms with Crippen LogP contribution in [0.1, 0.15) is 0 Å². The summed E-state index contributed by atoms with van der Waals surface area (Å²) >= 11 is 8.19. The first-order chi connectivity index (χ1) is 6.20. The number of carbonyl (C=O) groups is 1. The average Bonchev–Trinajstić information content (AvgIpc) is 1.86. The second-order valence-electron chi connectivity index (χ2n) is 1.09. The van der Waals surface area contributed by atoms with Crippen molar-refractivity contribution in [1.82, 2.24) is 0 Å². The molecular weight excluding hydrogens is 248 g/mol. The molecule has 84 valence electrons. The van der Waals surface area contributed by atoms with Crippen LogP contribution in [0.4, 0.5) is 0 Å². The number of hydrogen-bond acceptors (Lipinski definition) is 4. The lowest BCUT2D eigenvalue weighted by Crippen LogP contribution is -2.18. The van der Waals surface area contributed by atoms with E-state index >= 15 is 0 Å². The Labute approximate surface area is 92.8 Å². The second-order valence-corrected chi connectivity index (χ2v) is 2.60. The lowest BCUT2D eigenvalue weighted by Gasteiger charge is -1.68. The van der Waals surface area contributed by atoms with Crippen LogP contribution >= 0.6 is 24.4 Å². The predicted molar refractivity (Wildman–Crippen MR) is 59.9 cm³/mol. The summed E-state index contributed by atoms with van der Waals surface area (Å²) < 4.78 is 8.74. The number of hydrogen-bond donors (Lipinski definition) is 6. The number of carbonyl (C=O) groups excluding carboxylic acids is 1. The van der Waals surface area contributed by atoms with Crippen molar-refractivity contribution in [2.75, 3.05) is 0 Å². The van der Waals surface area contributed by atoms with Crippen molar-refractivity contribution < 1.29 is 18.8 Å². The molecule has 0 unspecified atom stereocenters. The molecule has 11 heteroatoms. The summed E-state index contributed by atoms with van der Waals surface area (Å²) in [5.41, 5.74) is 18.5. The largest absolute Gasteiger partial charge is 0.761 e. The maximum absolute atomic E-state index is 8.74. The van der Waals surface area contributed by atoms with Crippen LogP contribution in [0.15, 0.2) is 0 Å². The number of thiocarbonyl (C=S) groups is 2. The minimum Gasteiger partial charge on any atom is -0.511 e. The Balaban J connectivity index is -0.0000000492. The van der Waals surface area contributed by atoms with E-state index in [2.05, 4.69) is 47.4 Å². The molecule has 0 heterocycles. The molecule has 0 saturated carbocycles. The molecular formula is C3H12N4O4S2Si. The van der Waals surface area contributed by atoms with Gasteiger partial charge in [-0.25, -0.2) is 0 Å². The van der Waals surface area contributed by atoms with Crippen LogP contribution in [0.3, 0.4) is 0 Å². The smallest absolute Gasteiger partial charge is 0.511 e. The molecule has 0 aliphatic heterocycles. The highest BCUT2D eigenvalue weighted by Gasteiger charge is 1.85. The molecule has 0 aromatic rings. The highest BCUT2D eigenvalue weighted by molar-refractivity contribution is 7.80. The van der Waals surface area contributed by atoms with Gasteiger partial charge in [0.1, 0.15) is 6.79 Å². The quantitative estimate of drug-likeness (QED) is 0.190. The standard InChI is InChI=1S/2CH4N2S.CH2O.H2O3Si/c2*2-1(3)4;1-2;1-4(2)3/h2*(H4,2,3,4);1H2;1-2H. The third kappa shape index (κ3) is 561. The summed E-state index contributed by atoms with van der Waals surface area (Å²) in [5.74, 6) is 0. The maximum atomic E-state index is 8.74. The van der Waals surface area contributed by atoms with E-state index in [1.54, 1.807) is 0 Å². The summed E-state index contributed by atoms with van der Waals surface area (Å²) in [6, 6.07) is 0. The fourth-order valence-electron chi connectivity index (χ4n) is 0. The van der Waals surface area contributed by atoms with E-state index in [1.807, 2.05) is 6.79 Å². The normalized spacial score (nSPS) is 5.43. The second kappa shape index (κ2) is 22.6. The Morgan fingerprint density at radius 1 is 1.00 bits per heavy atom. The number of rotatable bonds is 0. The van der Waals surface area contributed by atoms with Crippen molar-refractivity contribution >= 4 is 50.6 Å². The van der Waals surface area contributed by atoms with Gasteiger partial charge in [-0.1, -0.05) is 0 Å². The first-order valence-electron chi connectivity index (χ1n) is 2.50. The maximum Gasteiger partial charge on any atom is 0.761 e. The Morgan fingerprint density at radius 3 is 1.00 bits per heavy atom. The molecule has 0 radical (unpaired) electrons. The van der Waals surface area contributed by atoms with E-state index < -0.39 is 9.17 Å². The van der Waals surface area contributed by atoms with Crippen LogP contribution in [0.5, 0.6) is 0 Å². The minimum atomic E-state index is -3.13. The lowest BCUT2D eigenvalue weighted by molar-refractivity contribution is -0.0979. The van der Waals surface area contributed by atoms with E-state index in [9.17, 15) is 0 Å². The fourth-order valence-corrected chi connectivity index (χ4v) is 0. The van der Waals surface area contributed by atoms with Gasteiger partial charge in [0.05, 0.1) is 0 Å². The van der Waals surface area contributed by atoms with Crippen molar-refractivity contribution in [2.24, 2.45) is 22.9 Å². The third-order valence-corrected chi connectivity index (χ3v) is 0. The van der Waals surface area contributed by atoms with E-state index in [1.165, 1.54) is 0 Å². The molecule has 0 saturated heterocycles. The summed E-state index contributed by atoms with van der Waals surface area (Å²) in [6.07, 6.45) is 0. The van der Waals surface area contributed by atoms with Crippen molar-refractivity contribution in [3.8, 4) is 0 Å². The van der Waals surface area contributed by atoms with Crippen LogP contribution in [-0.2, 0) is 9.26 Å². The van der Waals surface area contributed by atoms with Crippen molar-refractivity contribution in [2.45, 2.75) is 0 Å². The monoisotopic (exact) mass is 260 g/mol. The zero-order chi connectivity index (χ0) is 12.7. The summed E-state index contributed by atoms with van der Waals surface area (Å²) in [7, 11) is -3.13.